The largest absolute Gasteiger partial charge is 0.344 e. The lowest BCUT2D eigenvalue weighted by Gasteiger charge is -2.19. The van der Waals surface area contributed by atoms with E-state index in [0.29, 0.717) is 0 Å². The zero-order chi connectivity index (χ0) is 23.6. The molecule has 1 amide bonds. The van der Waals surface area contributed by atoms with Gasteiger partial charge in [-0.05, 0) is 62.5 Å². The summed E-state index contributed by atoms with van der Waals surface area (Å²) in [6.07, 6.45) is 10.7. The second-order valence-corrected chi connectivity index (χ2v) is 8.44. The van der Waals surface area contributed by atoms with Crippen molar-refractivity contribution in [2.24, 2.45) is 10.9 Å². The number of aryl methyl sites for hydroxylation is 1. The summed E-state index contributed by atoms with van der Waals surface area (Å²) in [6, 6.07) is 8.14. The second-order valence-electron chi connectivity index (χ2n) is 8.44. The lowest BCUT2D eigenvalue weighted by atomic mass is 10.0. The first-order valence-corrected chi connectivity index (χ1v) is 11.4. The molecule has 1 N–H and O–H groups in total. The molecule has 0 saturated carbocycles. The summed E-state index contributed by atoms with van der Waals surface area (Å²) in [7, 11) is 0. The maximum Gasteiger partial charge on any atom is 0.251 e. The second kappa shape index (κ2) is 12.2. The standard InChI is InChI=1S/C22H24N2O.C4H10.C2H6.H2/c1-5-20(17(4)23-21(25)19-11-7-9-16(19)3)24-22(12-13-22)18-10-6-8-15(2)14-18;1-4(2)3;1-2;/h5-6,8-14,17H,1,7H2,2-4H3,(H,23,25);4H,1-3H3;1-2H3;1H/t17-;;;/m1.../s1. The van der Waals surface area contributed by atoms with Crippen LogP contribution in [0.3, 0.4) is 0 Å². The Kier molecular flexibility index (Phi) is 10.4. The van der Waals surface area contributed by atoms with Gasteiger partial charge in [0.05, 0.1) is 11.8 Å². The number of hydrogen-bond donors (Lipinski definition) is 1. The number of carbonyl (C=O) groups excluding carboxylic acids is 1. The highest BCUT2D eigenvalue weighted by atomic mass is 16.1. The predicted molar refractivity (Wildman–Crippen MR) is 138 cm³/mol. The molecule has 1 aromatic carbocycles. The summed E-state index contributed by atoms with van der Waals surface area (Å²) in [6.45, 7) is 20.4. The molecule has 3 nitrogen and oxygen atoms in total. The third-order valence-corrected chi connectivity index (χ3v) is 4.69. The van der Waals surface area contributed by atoms with Crippen LogP contribution < -0.4 is 5.32 Å². The van der Waals surface area contributed by atoms with E-state index in [0.717, 1.165) is 34.8 Å². The Morgan fingerprint density at radius 1 is 1.16 bits per heavy atom. The van der Waals surface area contributed by atoms with Crippen LogP contribution in [0.5, 0.6) is 0 Å². The molecule has 0 saturated heterocycles. The number of benzene rings is 1. The van der Waals surface area contributed by atoms with Crippen molar-refractivity contribution >= 4 is 11.6 Å². The minimum Gasteiger partial charge on any atom is -0.344 e. The number of hydrogen-bond acceptors (Lipinski definition) is 2. The lowest BCUT2D eigenvalue weighted by Crippen LogP contribution is -2.39. The van der Waals surface area contributed by atoms with Gasteiger partial charge < -0.3 is 5.32 Å². The van der Waals surface area contributed by atoms with Crippen LogP contribution in [0, 0.1) is 12.8 Å². The molecule has 0 heterocycles. The first-order chi connectivity index (χ1) is 14.7. The molecule has 0 unspecified atom stereocenters. The molecule has 0 aromatic heterocycles. The van der Waals surface area contributed by atoms with Crippen LogP contribution in [0.1, 0.15) is 67.4 Å². The van der Waals surface area contributed by atoms with Crippen molar-refractivity contribution in [1.82, 2.24) is 5.32 Å². The van der Waals surface area contributed by atoms with Crippen molar-refractivity contribution in [3.8, 4) is 0 Å². The molecule has 0 bridgehead atoms. The van der Waals surface area contributed by atoms with E-state index in [-0.39, 0.29) is 13.4 Å². The van der Waals surface area contributed by atoms with Gasteiger partial charge in [0.1, 0.15) is 5.54 Å². The maximum absolute atomic E-state index is 12.5. The summed E-state index contributed by atoms with van der Waals surface area (Å²) in [4.78, 5) is 17.3. The SMILES string of the molecule is C=CC(=NC1(c2cccc(C)c2)C=C1)[C@@H](C)NC(=O)C1=CCC=C1C.CC.CC(C)C.[HH]. The van der Waals surface area contributed by atoms with Gasteiger partial charge in [0.15, 0.2) is 0 Å². The van der Waals surface area contributed by atoms with Gasteiger partial charge in [-0.15, -0.1) is 0 Å². The predicted octanol–water partition coefficient (Wildman–Crippen LogP) is 7.10. The van der Waals surface area contributed by atoms with Crippen molar-refractivity contribution in [3.05, 3.63) is 83.5 Å². The number of nitrogens with zero attached hydrogens (tertiary/aromatic N) is 1. The molecule has 31 heavy (non-hydrogen) atoms. The van der Waals surface area contributed by atoms with Gasteiger partial charge in [-0.2, -0.15) is 0 Å². The van der Waals surface area contributed by atoms with Gasteiger partial charge in [0.2, 0.25) is 0 Å². The monoisotopic (exact) mass is 422 g/mol. The molecular weight excluding hydrogens is 380 g/mol. The molecule has 1 aromatic rings. The van der Waals surface area contributed by atoms with Crippen molar-refractivity contribution < 1.29 is 6.22 Å². The highest BCUT2D eigenvalue weighted by Gasteiger charge is 2.36. The Hall–Kier alpha value is -2.68. The van der Waals surface area contributed by atoms with Crippen molar-refractivity contribution in [2.75, 3.05) is 0 Å². The Balaban J connectivity index is 0.00000124. The molecule has 0 aliphatic heterocycles. The van der Waals surface area contributed by atoms with E-state index in [9.17, 15) is 4.79 Å². The van der Waals surface area contributed by atoms with Gasteiger partial charge in [-0.25, -0.2) is 0 Å². The van der Waals surface area contributed by atoms with E-state index in [1.165, 1.54) is 5.56 Å². The molecule has 1 atom stereocenters. The average Bonchev–Trinajstić information content (AvgIpc) is 3.39. The van der Waals surface area contributed by atoms with Crippen LogP contribution in [0.4, 0.5) is 0 Å². The number of amides is 1. The number of carbonyl (C=O) groups is 1. The average molecular weight is 423 g/mol. The molecule has 2 aliphatic rings. The number of rotatable bonds is 6. The number of nitrogens with one attached hydrogen (secondary N) is 1. The van der Waals surface area contributed by atoms with Crippen LogP contribution in [0.15, 0.2) is 77.4 Å². The normalized spacial score (nSPS) is 16.7. The highest BCUT2D eigenvalue weighted by Crippen LogP contribution is 2.40. The summed E-state index contributed by atoms with van der Waals surface area (Å²) >= 11 is 0. The molecule has 0 fully saturated rings. The molecular formula is C28H42N2O. The number of aliphatic imine (C=N–C) groups is 1. The summed E-state index contributed by atoms with van der Waals surface area (Å²) < 4.78 is 0. The molecule has 3 rings (SSSR count). The Labute approximate surface area is 191 Å². The minimum absolute atomic E-state index is 0. The zero-order valence-corrected chi connectivity index (χ0v) is 20.6. The van der Waals surface area contributed by atoms with Crippen LogP contribution in [-0.2, 0) is 10.3 Å². The van der Waals surface area contributed by atoms with E-state index in [4.69, 9.17) is 4.99 Å². The van der Waals surface area contributed by atoms with Gasteiger partial charge in [0.25, 0.3) is 5.91 Å². The van der Waals surface area contributed by atoms with Crippen LogP contribution in [0.25, 0.3) is 0 Å². The quantitative estimate of drug-likeness (QED) is 0.385. The van der Waals surface area contributed by atoms with E-state index in [2.05, 4.69) is 76.0 Å². The van der Waals surface area contributed by atoms with Crippen molar-refractivity contribution in [1.29, 1.82) is 0 Å². The van der Waals surface area contributed by atoms with E-state index in [1.54, 1.807) is 6.08 Å². The van der Waals surface area contributed by atoms with Gasteiger partial charge in [0, 0.05) is 7.00 Å². The molecule has 170 valence electrons. The highest BCUT2D eigenvalue weighted by molar-refractivity contribution is 6.05. The minimum atomic E-state index is -0.392. The summed E-state index contributed by atoms with van der Waals surface area (Å²) in [5.74, 6) is 0.779. The molecule has 0 spiro atoms. The molecule has 3 heteroatoms. The van der Waals surface area contributed by atoms with Crippen LogP contribution >= 0.6 is 0 Å². The molecule has 2 aliphatic carbocycles. The summed E-state index contributed by atoms with van der Waals surface area (Å²) in [5.41, 5.74) is 4.52. The Bertz CT molecular complexity index is 882. The van der Waals surface area contributed by atoms with E-state index >= 15 is 0 Å². The fourth-order valence-electron chi connectivity index (χ4n) is 3.08. The Morgan fingerprint density at radius 3 is 2.23 bits per heavy atom. The smallest absolute Gasteiger partial charge is 0.251 e. The van der Waals surface area contributed by atoms with Crippen LogP contribution in [0.2, 0.25) is 0 Å². The third-order valence-electron chi connectivity index (χ3n) is 4.69. The van der Waals surface area contributed by atoms with Gasteiger partial charge in [-0.3, -0.25) is 9.79 Å². The first-order valence-electron chi connectivity index (χ1n) is 11.4. The van der Waals surface area contributed by atoms with Gasteiger partial charge >= 0.3 is 0 Å². The maximum atomic E-state index is 12.5. The third kappa shape index (κ3) is 7.82. The first kappa shape index (κ1) is 26.4. The van der Waals surface area contributed by atoms with E-state index < -0.39 is 5.54 Å². The molecule has 0 radical (unpaired) electrons. The fraction of sp³-hybridized carbons (Fsp3) is 0.429. The summed E-state index contributed by atoms with van der Waals surface area (Å²) in [5, 5.41) is 3.04. The Morgan fingerprint density at radius 2 is 1.77 bits per heavy atom. The topological polar surface area (TPSA) is 41.5 Å². The van der Waals surface area contributed by atoms with Crippen molar-refractivity contribution in [3.63, 3.8) is 0 Å². The zero-order valence-electron chi connectivity index (χ0n) is 20.6. The lowest BCUT2D eigenvalue weighted by molar-refractivity contribution is -0.117. The van der Waals surface area contributed by atoms with Crippen molar-refractivity contribution in [2.45, 2.75) is 73.4 Å². The van der Waals surface area contributed by atoms with E-state index in [1.807, 2.05) is 39.8 Å². The number of allylic oxidation sites excluding steroid dienone is 2. The van der Waals surface area contributed by atoms with Crippen LogP contribution in [-0.4, -0.2) is 17.7 Å². The fourth-order valence-corrected chi connectivity index (χ4v) is 3.08. The van der Waals surface area contributed by atoms with Gasteiger partial charge in [-0.1, -0.05) is 83.2 Å².